The molecule has 0 heterocycles. The van der Waals surface area contributed by atoms with Crippen LogP contribution in [0.3, 0.4) is 0 Å². The van der Waals surface area contributed by atoms with E-state index in [0.29, 0.717) is 0 Å². The molecule has 0 aromatic carbocycles. The summed E-state index contributed by atoms with van der Waals surface area (Å²) in [6.07, 6.45) is 10.7. The predicted molar refractivity (Wildman–Crippen MR) is 60.2 cm³/mol. The second kappa shape index (κ2) is 5.07. The van der Waals surface area contributed by atoms with E-state index in [-0.39, 0.29) is 5.31 Å². The highest BCUT2D eigenvalue weighted by atomic mass is 14.2. The van der Waals surface area contributed by atoms with Gasteiger partial charge in [0.25, 0.3) is 0 Å². The standard InChI is InChI=1S/C12H23B/c1-11-7-4-3-5-9-12(2,13)10-6-8-11/h11H,3-10H2,1-2H3. The van der Waals surface area contributed by atoms with Crippen LogP contribution >= 0.6 is 0 Å². The van der Waals surface area contributed by atoms with Crippen LogP contribution in [-0.4, -0.2) is 7.85 Å². The van der Waals surface area contributed by atoms with E-state index in [9.17, 15) is 0 Å². The molecule has 2 atom stereocenters. The van der Waals surface area contributed by atoms with Gasteiger partial charge < -0.3 is 0 Å². The lowest BCUT2D eigenvalue weighted by molar-refractivity contribution is 0.377. The van der Waals surface area contributed by atoms with E-state index in [4.69, 9.17) is 7.85 Å². The van der Waals surface area contributed by atoms with Crippen molar-refractivity contribution in [3.63, 3.8) is 0 Å². The summed E-state index contributed by atoms with van der Waals surface area (Å²) in [7, 11) is 6.21. The summed E-state index contributed by atoms with van der Waals surface area (Å²) in [6, 6.07) is 0. The third-order valence-corrected chi connectivity index (χ3v) is 3.39. The Morgan fingerprint density at radius 1 is 1.00 bits per heavy atom. The van der Waals surface area contributed by atoms with Crippen molar-refractivity contribution in [2.45, 2.75) is 70.5 Å². The fourth-order valence-corrected chi connectivity index (χ4v) is 2.32. The van der Waals surface area contributed by atoms with Crippen LogP contribution in [0.1, 0.15) is 65.2 Å². The van der Waals surface area contributed by atoms with Crippen LogP contribution in [0.5, 0.6) is 0 Å². The molecule has 0 amide bonds. The van der Waals surface area contributed by atoms with Gasteiger partial charge in [0.1, 0.15) is 0 Å². The van der Waals surface area contributed by atoms with Crippen molar-refractivity contribution in [2.24, 2.45) is 5.92 Å². The highest BCUT2D eigenvalue weighted by molar-refractivity contribution is 6.14. The van der Waals surface area contributed by atoms with Gasteiger partial charge in [0.05, 0.1) is 7.85 Å². The lowest BCUT2D eigenvalue weighted by atomic mass is 9.64. The highest BCUT2D eigenvalue weighted by Crippen LogP contribution is 2.36. The second-order valence-electron chi connectivity index (χ2n) is 5.25. The Hall–Kier alpha value is 0.0649. The zero-order valence-electron chi connectivity index (χ0n) is 9.31. The summed E-state index contributed by atoms with van der Waals surface area (Å²) in [5, 5.41) is 0.122. The zero-order valence-corrected chi connectivity index (χ0v) is 9.31. The van der Waals surface area contributed by atoms with Gasteiger partial charge in [0.15, 0.2) is 0 Å². The van der Waals surface area contributed by atoms with E-state index in [1.165, 1.54) is 51.4 Å². The topological polar surface area (TPSA) is 0 Å². The van der Waals surface area contributed by atoms with Gasteiger partial charge in [0, 0.05) is 0 Å². The van der Waals surface area contributed by atoms with Gasteiger partial charge in [-0.2, -0.15) is 0 Å². The van der Waals surface area contributed by atoms with Crippen molar-refractivity contribution in [1.82, 2.24) is 0 Å². The molecule has 0 spiro atoms. The lowest BCUT2D eigenvalue weighted by Gasteiger charge is -2.27. The van der Waals surface area contributed by atoms with E-state index in [0.717, 1.165) is 5.92 Å². The largest absolute Gasteiger partial charge is 0.0742 e. The van der Waals surface area contributed by atoms with Gasteiger partial charge >= 0.3 is 0 Å². The maximum absolute atomic E-state index is 6.21. The fourth-order valence-electron chi connectivity index (χ4n) is 2.32. The molecule has 0 nitrogen and oxygen atoms in total. The molecule has 13 heavy (non-hydrogen) atoms. The molecule has 1 rings (SSSR count). The quantitative estimate of drug-likeness (QED) is 0.490. The summed E-state index contributed by atoms with van der Waals surface area (Å²) in [4.78, 5) is 0. The van der Waals surface area contributed by atoms with Crippen LogP contribution in [-0.2, 0) is 0 Å². The Morgan fingerprint density at radius 3 is 2.38 bits per heavy atom. The molecule has 0 saturated heterocycles. The first-order chi connectivity index (χ1) is 6.10. The normalized spacial score (nSPS) is 38.5. The van der Waals surface area contributed by atoms with Crippen LogP contribution in [0, 0.1) is 5.92 Å². The van der Waals surface area contributed by atoms with Crippen LogP contribution < -0.4 is 0 Å². The number of hydrogen-bond acceptors (Lipinski definition) is 0. The van der Waals surface area contributed by atoms with Crippen LogP contribution in [0.25, 0.3) is 0 Å². The molecule has 0 aromatic rings. The molecule has 1 heteroatoms. The Labute approximate surface area is 84.9 Å². The molecular weight excluding hydrogens is 155 g/mol. The molecule has 1 aliphatic carbocycles. The van der Waals surface area contributed by atoms with Crippen molar-refractivity contribution in [2.75, 3.05) is 0 Å². The van der Waals surface area contributed by atoms with Crippen molar-refractivity contribution in [1.29, 1.82) is 0 Å². The Balaban J connectivity index is 2.35. The number of hydrogen-bond donors (Lipinski definition) is 0. The first kappa shape index (κ1) is 11.1. The first-order valence-corrected chi connectivity index (χ1v) is 5.89. The minimum atomic E-state index is 0.122. The van der Waals surface area contributed by atoms with E-state index in [2.05, 4.69) is 13.8 Å². The third-order valence-electron chi connectivity index (χ3n) is 3.39. The zero-order chi connectivity index (χ0) is 9.73. The van der Waals surface area contributed by atoms with Crippen molar-refractivity contribution in [3.05, 3.63) is 0 Å². The molecule has 2 radical (unpaired) electrons. The molecule has 1 aliphatic rings. The van der Waals surface area contributed by atoms with Gasteiger partial charge in [-0.15, -0.1) is 0 Å². The van der Waals surface area contributed by atoms with E-state index >= 15 is 0 Å². The summed E-state index contributed by atoms with van der Waals surface area (Å²) in [6.45, 7) is 4.61. The fraction of sp³-hybridized carbons (Fsp3) is 1.00. The smallest absolute Gasteiger partial charge is 0.0688 e. The van der Waals surface area contributed by atoms with Gasteiger partial charge in [-0.05, 0) is 5.92 Å². The van der Waals surface area contributed by atoms with Gasteiger partial charge in [0.2, 0.25) is 0 Å². The molecule has 0 aliphatic heterocycles. The first-order valence-electron chi connectivity index (χ1n) is 5.89. The maximum atomic E-state index is 6.21. The average molecular weight is 178 g/mol. The van der Waals surface area contributed by atoms with Crippen LogP contribution in [0.2, 0.25) is 5.31 Å². The summed E-state index contributed by atoms with van der Waals surface area (Å²) < 4.78 is 0. The monoisotopic (exact) mass is 178 g/mol. The Bertz CT molecular complexity index is 140. The minimum Gasteiger partial charge on any atom is -0.0688 e. The molecule has 74 valence electrons. The minimum absolute atomic E-state index is 0.122. The van der Waals surface area contributed by atoms with Crippen LogP contribution in [0.15, 0.2) is 0 Å². The molecule has 2 unspecified atom stereocenters. The Kier molecular flexibility index (Phi) is 4.35. The lowest BCUT2D eigenvalue weighted by Crippen LogP contribution is -2.10. The maximum Gasteiger partial charge on any atom is 0.0742 e. The highest BCUT2D eigenvalue weighted by Gasteiger charge is 2.18. The Morgan fingerprint density at radius 2 is 1.62 bits per heavy atom. The van der Waals surface area contributed by atoms with E-state index in [1.807, 2.05) is 0 Å². The second-order valence-corrected chi connectivity index (χ2v) is 5.25. The predicted octanol–water partition coefficient (Wildman–Crippen LogP) is 4.10. The van der Waals surface area contributed by atoms with Crippen LogP contribution in [0.4, 0.5) is 0 Å². The van der Waals surface area contributed by atoms with Gasteiger partial charge in [-0.3, -0.25) is 0 Å². The summed E-state index contributed by atoms with van der Waals surface area (Å²) >= 11 is 0. The number of rotatable bonds is 0. The molecule has 0 N–H and O–H groups in total. The third kappa shape index (κ3) is 4.74. The van der Waals surface area contributed by atoms with Gasteiger partial charge in [-0.1, -0.05) is 70.5 Å². The van der Waals surface area contributed by atoms with E-state index in [1.54, 1.807) is 0 Å². The summed E-state index contributed by atoms with van der Waals surface area (Å²) in [5.41, 5.74) is 0. The molecule has 1 saturated carbocycles. The molecule has 0 bridgehead atoms. The molecule has 0 aromatic heterocycles. The molecule has 1 fully saturated rings. The SMILES string of the molecule is [B]C1(C)CCCCCC(C)CCC1. The molecular formula is C12H23B. The summed E-state index contributed by atoms with van der Waals surface area (Å²) in [5.74, 6) is 0.925. The van der Waals surface area contributed by atoms with Crippen molar-refractivity contribution < 1.29 is 0 Å². The van der Waals surface area contributed by atoms with Gasteiger partial charge in [-0.25, -0.2) is 0 Å². The average Bonchev–Trinajstić information content (AvgIpc) is 2.02. The van der Waals surface area contributed by atoms with Crippen molar-refractivity contribution >= 4 is 7.85 Å². The van der Waals surface area contributed by atoms with E-state index < -0.39 is 0 Å². The van der Waals surface area contributed by atoms with Crippen molar-refractivity contribution in [3.8, 4) is 0 Å².